The number of fused-ring (bicyclic) bond motifs is 1. The van der Waals surface area contributed by atoms with E-state index in [1.165, 1.54) is 19.2 Å². The zero-order valence-electron chi connectivity index (χ0n) is 19.2. The van der Waals surface area contributed by atoms with Crippen molar-refractivity contribution in [2.24, 2.45) is 0 Å². The van der Waals surface area contributed by atoms with Gasteiger partial charge in [-0.2, -0.15) is 0 Å². The number of hydrogen-bond donors (Lipinski definition) is 2. The van der Waals surface area contributed by atoms with Crippen molar-refractivity contribution in [3.63, 3.8) is 0 Å². The minimum atomic E-state index is -1.23. The normalized spacial score (nSPS) is 15.4. The second-order valence-electron chi connectivity index (χ2n) is 8.99. The van der Waals surface area contributed by atoms with Crippen molar-refractivity contribution >= 4 is 11.3 Å². The number of ether oxygens (including phenoxy) is 1. The van der Waals surface area contributed by atoms with E-state index in [1.807, 2.05) is 32.9 Å². The second-order valence-corrected chi connectivity index (χ2v) is 8.99. The molecule has 6 heteroatoms. The molecule has 33 heavy (non-hydrogen) atoms. The van der Waals surface area contributed by atoms with Crippen LogP contribution < -0.4 is 10.1 Å². The predicted octanol–water partition coefficient (Wildman–Crippen LogP) is 6.78. The molecule has 0 amide bonds. The van der Waals surface area contributed by atoms with Crippen LogP contribution in [0.3, 0.4) is 0 Å². The summed E-state index contributed by atoms with van der Waals surface area (Å²) in [7, 11) is 1.37. The van der Waals surface area contributed by atoms with Crippen molar-refractivity contribution < 1.29 is 23.0 Å². The Balaban J connectivity index is 2.07. The molecule has 0 fully saturated rings. The molecule has 2 N–H and O–H groups in total. The number of halogens is 3. The van der Waals surface area contributed by atoms with E-state index >= 15 is 0 Å². The summed E-state index contributed by atoms with van der Waals surface area (Å²) in [5.41, 5.74) is 4.41. The van der Waals surface area contributed by atoms with Crippen LogP contribution in [0.4, 0.5) is 18.9 Å². The van der Waals surface area contributed by atoms with Crippen LogP contribution >= 0.6 is 0 Å². The van der Waals surface area contributed by atoms with Gasteiger partial charge in [0, 0.05) is 28.4 Å². The second kappa shape index (κ2) is 8.27. The van der Waals surface area contributed by atoms with Crippen LogP contribution in [0.25, 0.3) is 16.7 Å². The molecule has 3 nitrogen and oxygen atoms in total. The molecule has 4 rings (SSSR count). The summed E-state index contributed by atoms with van der Waals surface area (Å²) in [6, 6.07) is 9.86. The molecule has 0 bridgehead atoms. The molecule has 1 atom stereocenters. The topological polar surface area (TPSA) is 41.5 Å². The first-order valence-electron chi connectivity index (χ1n) is 10.6. The summed E-state index contributed by atoms with van der Waals surface area (Å²) in [6.07, 6.45) is 0.811. The first kappa shape index (κ1) is 22.9. The number of aryl methyl sites for hydroxylation is 1. The summed E-state index contributed by atoms with van der Waals surface area (Å²) in [5, 5.41) is 15.0. The highest BCUT2D eigenvalue weighted by atomic mass is 19.2. The molecule has 1 aliphatic rings. The van der Waals surface area contributed by atoms with Crippen molar-refractivity contribution in [1.29, 1.82) is 0 Å². The fraction of sp³-hybridized carbons (Fsp3) is 0.259. The Hall–Kier alpha value is -3.25. The molecule has 0 aromatic heterocycles. The highest BCUT2D eigenvalue weighted by molar-refractivity contribution is 5.89. The van der Waals surface area contributed by atoms with Crippen LogP contribution in [0.1, 0.15) is 49.1 Å². The van der Waals surface area contributed by atoms with Gasteiger partial charge in [-0.15, -0.1) is 0 Å². The van der Waals surface area contributed by atoms with Gasteiger partial charge < -0.3 is 15.2 Å². The van der Waals surface area contributed by atoms with Crippen LogP contribution in [0, 0.1) is 24.4 Å². The summed E-state index contributed by atoms with van der Waals surface area (Å²) in [4.78, 5) is 0. The van der Waals surface area contributed by atoms with Gasteiger partial charge in [0.2, 0.25) is 0 Å². The molecule has 0 radical (unpaired) electrons. The fourth-order valence-electron chi connectivity index (χ4n) is 4.63. The lowest BCUT2D eigenvalue weighted by molar-refractivity contribution is 0.219. The summed E-state index contributed by atoms with van der Waals surface area (Å²) < 4.78 is 47.7. The van der Waals surface area contributed by atoms with Crippen molar-refractivity contribution in [2.75, 3.05) is 12.4 Å². The molecular weight excluding hydrogens is 427 g/mol. The Labute approximate surface area is 191 Å². The molecule has 3 aromatic carbocycles. The van der Waals surface area contributed by atoms with E-state index in [0.29, 0.717) is 27.8 Å². The Morgan fingerprint density at radius 1 is 0.939 bits per heavy atom. The average molecular weight is 454 g/mol. The van der Waals surface area contributed by atoms with Gasteiger partial charge in [-0.25, -0.2) is 13.2 Å². The fourth-order valence-corrected chi connectivity index (χ4v) is 4.63. The van der Waals surface area contributed by atoms with Gasteiger partial charge in [-0.05, 0) is 74.2 Å². The number of allylic oxidation sites excluding steroid dienone is 1. The number of methoxy groups -OCH3 is 1. The number of rotatable bonds is 4. The van der Waals surface area contributed by atoms with Gasteiger partial charge in [-0.3, -0.25) is 0 Å². The minimum Gasteiger partial charge on any atom is -0.496 e. The third kappa shape index (κ3) is 4.11. The number of nitrogens with one attached hydrogen (secondary N) is 1. The van der Waals surface area contributed by atoms with Crippen LogP contribution in [0.2, 0.25) is 0 Å². The van der Waals surface area contributed by atoms with E-state index in [0.717, 1.165) is 29.0 Å². The summed E-state index contributed by atoms with van der Waals surface area (Å²) in [6.45, 7) is 7.77. The smallest absolute Gasteiger partial charge is 0.162 e. The maximum absolute atomic E-state index is 14.3. The minimum absolute atomic E-state index is 0.129. The molecule has 1 aliphatic heterocycles. The standard InChI is InChI=1S/C27H26F3NO2/c1-14-6-7-16(28)10-18(14)26(32)25-17(19-11-20(29)21(30)12-23(19)33-5)8-9-22-24(25)15(2)13-27(3,4)31-22/h6-13,26,31-32H,1-5H3. The zero-order chi connectivity index (χ0) is 24.1. The molecule has 172 valence electrons. The lowest BCUT2D eigenvalue weighted by Crippen LogP contribution is -2.32. The summed E-state index contributed by atoms with van der Waals surface area (Å²) in [5.74, 6) is -2.41. The number of hydrogen-bond acceptors (Lipinski definition) is 3. The van der Waals surface area contributed by atoms with Crippen LogP contribution in [0.5, 0.6) is 5.75 Å². The van der Waals surface area contributed by atoms with Crippen molar-refractivity contribution in [3.05, 3.63) is 88.2 Å². The highest BCUT2D eigenvalue weighted by Gasteiger charge is 2.31. The van der Waals surface area contributed by atoms with E-state index in [4.69, 9.17) is 4.74 Å². The molecule has 1 heterocycles. The van der Waals surface area contributed by atoms with Gasteiger partial charge in [-0.1, -0.05) is 18.2 Å². The van der Waals surface area contributed by atoms with E-state index in [9.17, 15) is 18.3 Å². The number of anilines is 1. The molecule has 0 aliphatic carbocycles. The number of aliphatic hydroxyl groups is 1. The lowest BCUT2D eigenvalue weighted by atomic mass is 9.81. The van der Waals surface area contributed by atoms with Crippen molar-refractivity contribution in [3.8, 4) is 16.9 Å². The molecule has 3 aromatic rings. The SMILES string of the molecule is COc1cc(F)c(F)cc1-c1ccc2c(c1C(O)c1cc(F)ccc1C)C(C)=CC(C)(C)N2. The van der Waals surface area contributed by atoms with Gasteiger partial charge in [0.15, 0.2) is 11.6 Å². The van der Waals surface area contributed by atoms with Gasteiger partial charge >= 0.3 is 0 Å². The number of aliphatic hydroxyl groups excluding tert-OH is 1. The van der Waals surface area contributed by atoms with Gasteiger partial charge in [0.05, 0.1) is 12.6 Å². The van der Waals surface area contributed by atoms with Gasteiger partial charge in [0.1, 0.15) is 17.7 Å². The molecule has 0 saturated carbocycles. The molecule has 0 saturated heterocycles. The third-order valence-electron chi connectivity index (χ3n) is 6.02. The quantitative estimate of drug-likeness (QED) is 0.458. The third-order valence-corrected chi connectivity index (χ3v) is 6.02. The molecule has 1 unspecified atom stereocenters. The Morgan fingerprint density at radius 3 is 2.33 bits per heavy atom. The first-order chi connectivity index (χ1) is 15.5. The zero-order valence-corrected chi connectivity index (χ0v) is 19.2. The lowest BCUT2D eigenvalue weighted by Gasteiger charge is -2.34. The van der Waals surface area contributed by atoms with E-state index < -0.39 is 23.6 Å². The molecular formula is C27H26F3NO2. The maximum atomic E-state index is 14.3. The van der Waals surface area contributed by atoms with Crippen molar-refractivity contribution in [1.82, 2.24) is 0 Å². The van der Waals surface area contributed by atoms with E-state index in [1.54, 1.807) is 19.1 Å². The largest absolute Gasteiger partial charge is 0.496 e. The van der Waals surface area contributed by atoms with Crippen LogP contribution in [0.15, 0.2) is 48.5 Å². The Kier molecular flexibility index (Phi) is 5.74. The first-order valence-corrected chi connectivity index (χ1v) is 10.6. The van der Waals surface area contributed by atoms with E-state index in [-0.39, 0.29) is 11.3 Å². The van der Waals surface area contributed by atoms with E-state index in [2.05, 4.69) is 5.32 Å². The predicted molar refractivity (Wildman–Crippen MR) is 125 cm³/mol. The van der Waals surface area contributed by atoms with Crippen molar-refractivity contribution in [2.45, 2.75) is 39.3 Å². The monoisotopic (exact) mass is 453 g/mol. The number of benzene rings is 3. The molecule has 0 spiro atoms. The van der Waals surface area contributed by atoms with Gasteiger partial charge in [0.25, 0.3) is 0 Å². The highest BCUT2D eigenvalue weighted by Crippen LogP contribution is 2.46. The summed E-state index contributed by atoms with van der Waals surface area (Å²) >= 11 is 0. The van der Waals surface area contributed by atoms with Crippen LogP contribution in [-0.2, 0) is 0 Å². The van der Waals surface area contributed by atoms with Crippen LogP contribution in [-0.4, -0.2) is 17.8 Å². The average Bonchev–Trinajstić information content (AvgIpc) is 2.75. The maximum Gasteiger partial charge on any atom is 0.162 e. The Morgan fingerprint density at radius 2 is 1.64 bits per heavy atom. The Bertz CT molecular complexity index is 1280.